The lowest BCUT2D eigenvalue weighted by atomic mass is 9.99. The second-order valence-electron chi connectivity index (χ2n) is 14.7. The van der Waals surface area contributed by atoms with Gasteiger partial charge >= 0.3 is 0 Å². The van der Waals surface area contributed by atoms with E-state index in [1.807, 2.05) is 145 Å². The molecule has 4 atom stereocenters. The standard InChI is InChI=1S/C46H48N4O5/c1-31(33-11-5-3-6-12-33)45(53)49-27-9-15-39(49)29-43(51)47-37-21-17-35(18-22-37)41-25-26-42(55-41)36-19-23-38(24-20-36)48-44(52)30-40-16-10-28-50(40)46(54)32(2)34-13-7-4-8-14-34/h3-8,11-14,17-26,31-32,39-40H,9-10,15-16,27-30H2,1-2H3,(H,47,51)(H,48,52)/t31-,32-,39+,40+/m1/s1. The largest absolute Gasteiger partial charge is 0.456 e. The number of benzene rings is 4. The molecule has 2 aliphatic rings. The smallest absolute Gasteiger partial charge is 0.230 e. The lowest BCUT2D eigenvalue weighted by Crippen LogP contribution is -2.40. The van der Waals surface area contributed by atoms with Crippen molar-refractivity contribution in [1.29, 1.82) is 0 Å². The molecular formula is C46H48N4O5. The minimum absolute atomic E-state index is 0.0670. The van der Waals surface area contributed by atoms with Crippen LogP contribution in [0.4, 0.5) is 11.4 Å². The number of nitrogens with zero attached hydrogens (tertiary/aromatic N) is 2. The fourth-order valence-electron chi connectivity index (χ4n) is 7.88. The highest BCUT2D eigenvalue weighted by molar-refractivity contribution is 5.93. The Morgan fingerprint density at radius 2 is 0.945 bits per heavy atom. The normalized spacial score (nSPS) is 17.8. The SMILES string of the molecule is C[C@@H](C(=O)N1CCC[C@H]1CC(=O)Nc1ccc(-c2ccc(-c3ccc(NC(=O)C[C@@H]4CCCN4C(=O)[C@H](C)c4ccccc4)cc3)o2)cc1)c1ccccc1. The van der Waals surface area contributed by atoms with Crippen molar-refractivity contribution in [3.8, 4) is 22.6 Å². The summed E-state index contributed by atoms with van der Waals surface area (Å²) in [7, 11) is 0. The Labute approximate surface area is 322 Å². The van der Waals surface area contributed by atoms with Gasteiger partial charge in [0.15, 0.2) is 0 Å². The predicted octanol–water partition coefficient (Wildman–Crippen LogP) is 8.86. The van der Waals surface area contributed by atoms with E-state index in [1.165, 1.54) is 0 Å². The molecule has 9 heteroatoms. The minimum atomic E-state index is -0.250. The summed E-state index contributed by atoms with van der Waals surface area (Å²) in [6.45, 7) is 5.21. The first-order valence-electron chi connectivity index (χ1n) is 19.3. The van der Waals surface area contributed by atoms with Crippen LogP contribution in [-0.4, -0.2) is 58.6 Å². The van der Waals surface area contributed by atoms with Gasteiger partial charge in [-0.25, -0.2) is 0 Å². The van der Waals surface area contributed by atoms with Crippen molar-refractivity contribution in [2.24, 2.45) is 0 Å². The Hall–Kier alpha value is -5.96. The van der Waals surface area contributed by atoms with Crippen LogP contribution < -0.4 is 10.6 Å². The third kappa shape index (κ3) is 8.89. The molecule has 4 amide bonds. The highest BCUT2D eigenvalue weighted by Gasteiger charge is 2.34. The Kier molecular flexibility index (Phi) is 11.6. The van der Waals surface area contributed by atoms with Crippen molar-refractivity contribution in [3.05, 3.63) is 132 Å². The van der Waals surface area contributed by atoms with Crippen molar-refractivity contribution < 1.29 is 23.6 Å². The summed E-state index contributed by atoms with van der Waals surface area (Å²) < 4.78 is 6.20. The average molecular weight is 737 g/mol. The molecule has 4 aromatic carbocycles. The van der Waals surface area contributed by atoms with Crippen LogP contribution in [0.1, 0.15) is 75.3 Å². The number of likely N-dealkylation sites (tertiary alicyclic amines) is 2. The third-order valence-corrected chi connectivity index (χ3v) is 11.0. The van der Waals surface area contributed by atoms with Crippen LogP contribution in [0.15, 0.2) is 126 Å². The van der Waals surface area contributed by atoms with E-state index in [9.17, 15) is 19.2 Å². The van der Waals surface area contributed by atoms with Gasteiger partial charge in [0, 0.05) is 60.5 Å². The summed E-state index contributed by atoms with van der Waals surface area (Å²) in [5.41, 5.74) is 5.07. The van der Waals surface area contributed by atoms with E-state index in [4.69, 9.17) is 4.42 Å². The highest BCUT2D eigenvalue weighted by Crippen LogP contribution is 2.32. The van der Waals surface area contributed by atoms with E-state index in [1.54, 1.807) is 0 Å². The molecule has 0 unspecified atom stereocenters. The van der Waals surface area contributed by atoms with E-state index >= 15 is 0 Å². The van der Waals surface area contributed by atoms with Gasteiger partial charge < -0.3 is 24.9 Å². The number of rotatable bonds is 12. The van der Waals surface area contributed by atoms with Crippen molar-refractivity contribution in [1.82, 2.24) is 9.80 Å². The molecule has 0 spiro atoms. The van der Waals surface area contributed by atoms with E-state index < -0.39 is 0 Å². The average Bonchev–Trinajstić information content (AvgIpc) is 4.00. The van der Waals surface area contributed by atoms with Crippen LogP contribution in [0.2, 0.25) is 0 Å². The van der Waals surface area contributed by atoms with Gasteiger partial charge in [-0.3, -0.25) is 19.2 Å². The van der Waals surface area contributed by atoms with E-state index in [2.05, 4.69) is 10.6 Å². The zero-order valence-corrected chi connectivity index (χ0v) is 31.4. The molecule has 2 aliphatic heterocycles. The molecule has 2 saturated heterocycles. The molecule has 0 saturated carbocycles. The Morgan fingerprint density at radius 3 is 1.33 bits per heavy atom. The zero-order valence-electron chi connectivity index (χ0n) is 31.4. The predicted molar refractivity (Wildman–Crippen MR) is 215 cm³/mol. The number of hydrogen-bond acceptors (Lipinski definition) is 5. The van der Waals surface area contributed by atoms with E-state index in [0.717, 1.165) is 47.9 Å². The van der Waals surface area contributed by atoms with Crippen molar-refractivity contribution in [3.63, 3.8) is 0 Å². The molecule has 1 aromatic heterocycles. The second-order valence-corrected chi connectivity index (χ2v) is 14.7. The molecule has 3 heterocycles. The number of carbonyl (C=O) groups excluding carboxylic acids is 4. The maximum Gasteiger partial charge on any atom is 0.230 e. The van der Waals surface area contributed by atoms with Crippen LogP contribution in [0.3, 0.4) is 0 Å². The van der Waals surface area contributed by atoms with Crippen LogP contribution in [0, 0.1) is 0 Å². The maximum absolute atomic E-state index is 13.3. The van der Waals surface area contributed by atoms with Crippen LogP contribution >= 0.6 is 0 Å². The molecule has 5 aromatic rings. The lowest BCUT2D eigenvalue weighted by Gasteiger charge is -2.27. The minimum Gasteiger partial charge on any atom is -0.456 e. The van der Waals surface area contributed by atoms with E-state index in [-0.39, 0.29) is 60.4 Å². The molecule has 7 rings (SSSR count). The summed E-state index contributed by atoms with van der Waals surface area (Å²) in [6.07, 6.45) is 3.93. The maximum atomic E-state index is 13.3. The molecule has 2 N–H and O–H groups in total. The van der Waals surface area contributed by atoms with Crippen LogP contribution in [0.25, 0.3) is 22.6 Å². The molecule has 0 aliphatic carbocycles. The number of anilines is 2. The van der Waals surface area contributed by atoms with E-state index in [0.29, 0.717) is 36.0 Å². The van der Waals surface area contributed by atoms with Gasteiger partial charge in [-0.2, -0.15) is 0 Å². The number of carbonyl (C=O) groups is 4. The Bertz CT molecular complexity index is 1950. The first-order chi connectivity index (χ1) is 26.7. The van der Waals surface area contributed by atoms with Crippen LogP contribution in [0.5, 0.6) is 0 Å². The quantitative estimate of drug-likeness (QED) is 0.133. The lowest BCUT2D eigenvalue weighted by molar-refractivity contribution is -0.135. The van der Waals surface area contributed by atoms with Gasteiger partial charge in [0.05, 0.1) is 11.8 Å². The van der Waals surface area contributed by atoms with Gasteiger partial charge in [0.2, 0.25) is 23.6 Å². The molecule has 9 nitrogen and oxygen atoms in total. The van der Waals surface area contributed by atoms with Crippen molar-refractivity contribution in [2.75, 3.05) is 23.7 Å². The van der Waals surface area contributed by atoms with Gasteiger partial charge in [0.25, 0.3) is 0 Å². The van der Waals surface area contributed by atoms with Gasteiger partial charge in [-0.15, -0.1) is 0 Å². The fourth-order valence-corrected chi connectivity index (χ4v) is 7.88. The molecule has 282 valence electrons. The van der Waals surface area contributed by atoms with Crippen LogP contribution in [-0.2, 0) is 19.2 Å². The molecule has 0 bridgehead atoms. The Balaban J connectivity index is 0.894. The van der Waals surface area contributed by atoms with Gasteiger partial charge in [-0.05, 0) is 111 Å². The van der Waals surface area contributed by atoms with Crippen molar-refractivity contribution in [2.45, 2.75) is 76.3 Å². The number of amides is 4. The summed E-state index contributed by atoms with van der Waals surface area (Å²) in [5, 5.41) is 6.00. The second kappa shape index (κ2) is 17.0. The number of nitrogens with one attached hydrogen (secondary N) is 2. The number of furan rings is 1. The Morgan fingerprint density at radius 1 is 0.564 bits per heavy atom. The topological polar surface area (TPSA) is 112 Å². The molecular weight excluding hydrogens is 689 g/mol. The summed E-state index contributed by atoms with van der Waals surface area (Å²) in [4.78, 5) is 56.5. The van der Waals surface area contributed by atoms with Crippen molar-refractivity contribution >= 4 is 35.0 Å². The summed E-state index contributed by atoms with van der Waals surface area (Å²) in [6, 6.07) is 38.2. The summed E-state index contributed by atoms with van der Waals surface area (Å²) in [5.74, 6) is 0.780. The monoisotopic (exact) mass is 736 g/mol. The zero-order chi connectivity index (χ0) is 38.3. The molecule has 55 heavy (non-hydrogen) atoms. The van der Waals surface area contributed by atoms with Gasteiger partial charge in [-0.1, -0.05) is 60.7 Å². The van der Waals surface area contributed by atoms with Gasteiger partial charge in [0.1, 0.15) is 11.5 Å². The fraction of sp³-hybridized carbons (Fsp3) is 0.304. The number of hydrogen-bond donors (Lipinski definition) is 2. The third-order valence-electron chi connectivity index (χ3n) is 11.0. The molecule has 0 radical (unpaired) electrons. The molecule has 2 fully saturated rings. The first kappa shape index (κ1) is 37.4. The highest BCUT2D eigenvalue weighted by atomic mass is 16.3. The summed E-state index contributed by atoms with van der Waals surface area (Å²) >= 11 is 0. The first-order valence-corrected chi connectivity index (χ1v) is 19.3.